The van der Waals surface area contributed by atoms with Crippen molar-refractivity contribution in [3.63, 3.8) is 0 Å². The third kappa shape index (κ3) is 2.91. The molecule has 2 aliphatic carbocycles. The van der Waals surface area contributed by atoms with Crippen LogP contribution in [0.2, 0.25) is 0 Å². The van der Waals surface area contributed by atoms with E-state index in [-0.39, 0.29) is 17.2 Å². The van der Waals surface area contributed by atoms with Gasteiger partial charge in [0.05, 0.1) is 22.5 Å². The number of methoxy groups -OCH3 is 1. The molecule has 158 valence electrons. The number of halogens is 1. The van der Waals surface area contributed by atoms with Crippen molar-refractivity contribution < 1.29 is 13.2 Å². The Bertz CT molecular complexity index is 1250. The molecule has 0 aromatic heterocycles. The lowest BCUT2D eigenvalue weighted by Gasteiger charge is -2.44. The van der Waals surface area contributed by atoms with Gasteiger partial charge in [-0.1, -0.05) is 12.1 Å². The predicted octanol–water partition coefficient (Wildman–Crippen LogP) is 5.16. The highest BCUT2D eigenvalue weighted by atomic mass is 19.1. The highest BCUT2D eigenvalue weighted by Gasteiger charge is 2.60. The molecular weight excluding hydrogens is 391 g/mol. The van der Waals surface area contributed by atoms with Crippen LogP contribution in [0.1, 0.15) is 47.8 Å². The molecule has 0 bridgehead atoms. The average molecular weight is 420 g/mol. The molecule has 3 aliphatic rings. The van der Waals surface area contributed by atoms with Gasteiger partial charge in [0.2, 0.25) is 0 Å². The summed E-state index contributed by atoms with van der Waals surface area (Å²) in [7, 11) is -2.42. The first-order valence-corrected chi connectivity index (χ1v) is 10.5. The van der Waals surface area contributed by atoms with Crippen molar-refractivity contribution in [2.24, 2.45) is 21.1 Å². The first-order chi connectivity index (χ1) is 16.0. The summed E-state index contributed by atoms with van der Waals surface area (Å²) in [6.45, 7) is 9.11. The SMILES string of the molecule is [2H]C([2H])([2H])OC1CCC2(CC1)Cc1ccc(-c3cc(F)cc([N+]#[C-])c3)cc1C21N=C(C)C(N)=N1. The van der Waals surface area contributed by atoms with E-state index < -0.39 is 18.5 Å². The van der Waals surface area contributed by atoms with E-state index >= 15 is 0 Å². The second kappa shape index (κ2) is 7.00. The van der Waals surface area contributed by atoms with Crippen molar-refractivity contribution in [1.82, 2.24) is 0 Å². The van der Waals surface area contributed by atoms with Crippen LogP contribution in [0, 0.1) is 17.8 Å². The van der Waals surface area contributed by atoms with E-state index in [9.17, 15) is 4.39 Å². The average Bonchev–Trinajstić information content (AvgIpc) is 3.21. The number of rotatable bonds is 2. The van der Waals surface area contributed by atoms with E-state index in [0.717, 1.165) is 23.1 Å². The molecule has 2 N–H and O–H groups in total. The van der Waals surface area contributed by atoms with Gasteiger partial charge in [-0.25, -0.2) is 14.2 Å². The van der Waals surface area contributed by atoms with Gasteiger partial charge in [-0.2, -0.15) is 0 Å². The van der Waals surface area contributed by atoms with Crippen LogP contribution in [0.3, 0.4) is 0 Å². The number of hydrogen-bond acceptors (Lipinski definition) is 4. The molecule has 2 spiro atoms. The zero-order chi connectivity index (χ0) is 24.3. The zero-order valence-electron chi connectivity index (χ0n) is 20.3. The normalized spacial score (nSPS) is 30.9. The zero-order valence-corrected chi connectivity index (χ0v) is 17.3. The quantitative estimate of drug-likeness (QED) is 0.684. The van der Waals surface area contributed by atoms with Gasteiger partial charge in [0, 0.05) is 18.0 Å². The second-order valence-corrected chi connectivity index (χ2v) is 8.82. The van der Waals surface area contributed by atoms with Gasteiger partial charge in [0.25, 0.3) is 0 Å². The minimum Gasteiger partial charge on any atom is -0.382 e. The lowest BCUT2D eigenvalue weighted by molar-refractivity contribution is -0.000371. The monoisotopic (exact) mass is 419 g/mol. The maximum Gasteiger partial charge on any atom is 0.190 e. The van der Waals surface area contributed by atoms with Crippen molar-refractivity contribution in [1.29, 1.82) is 0 Å². The molecule has 0 amide bonds. The molecule has 5 rings (SSSR count). The van der Waals surface area contributed by atoms with Crippen molar-refractivity contribution in [3.8, 4) is 11.1 Å². The standard InChI is InChI=1S/C25H25FN4O/c1-15-23(27)30-25(29-15)22-12-16(18-10-19(26)13-20(11-18)28-2)4-5-17(22)14-24(25)8-6-21(31-3)7-9-24/h4-5,10-13,21H,6-9,14H2,1,3H3,(H2,27,30)/i3D3. The topological polar surface area (TPSA) is 64.3 Å². The number of aliphatic imine (C=N–C) groups is 2. The molecule has 2 aromatic carbocycles. The van der Waals surface area contributed by atoms with Gasteiger partial charge in [-0.05, 0) is 80.0 Å². The lowest BCUT2D eigenvalue weighted by atomic mass is 9.65. The first-order valence-electron chi connectivity index (χ1n) is 12.0. The van der Waals surface area contributed by atoms with Gasteiger partial charge in [0.1, 0.15) is 11.7 Å². The summed E-state index contributed by atoms with van der Waals surface area (Å²) in [5, 5.41) is 0. The predicted molar refractivity (Wildman–Crippen MR) is 120 cm³/mol. The van der Waals surface area contributed by atoms with Crippen molar-refractivity contribution in [2.45, 2.75) is 50.8 Å². The van der Waals surface area contributed by atoms with Crippen LogP contribution in [-0.4, -0.2) is 24.7 Å². The van der Waals surface area contributed by atoms with Crippen LogP contribution in [0.25, 0.3) is 16.0 Å². The molecule has 0 saturated heterocycles. The van der Waals surface area contributed by atoms with E-state index in [0.29, 0.717) is 42.8 Å². The number of hydrogen-bond donors (Lipinski definition) is 1. The fourth-order valence-corrected chi connectivity index (χ4v) is 5.54. The van der Waals surface area contributed by atoms with Crippen LogP contribution in [-0.2, 0) is 16.8 Å². The summed E-state index contributed by atoms with van der Waals surface area (Å²) in [4.78, 5) is 13.3. The largest absolute Gasteiger partial charge is 0.382 e. The Morgan fingerprint density at radius 3 is 2.68 bits per heavy atom. The molecule has 2 aromatic rings. The van der Waals surface area contributed by atoms with E-state index in [1.165, 1.54) is 12.1 Å². The minimum atomic E-state index is -2.42. The Morgan fingerprint density at radius 1 is 1.19 bits per heavy atom. The molecule has 5 nitrogen and oxygen atoms in total. The van der Waals surface area contributed by atoms with E-state index in [2.05, 4.69) is 4.85 Å². The number of nitrogens with two attached hydrogens (primary N) is 1. The molecule has 1 atom stereocenters. The molecule has 31 heavy (non-hydrogen) atoms. The summed E-state index contributed by atoms with van der Waals surface area (Å²) in [5.41, 5.74) is 9.37. The highest BCUT2D eigenvalue weighted by molar-refractivity contribution is 6.41. The van der Waals surface area contributed by atoms with Crippen LogP contribution < -0.4 is 5.73 Å². The number of benzene rings is 2. The van der Waals surface area contributed by atoms with Gasteiger partial charge in [-0.3, -0.25) is 4.99 Å². The van der Waals surface area contributed by atoms with Gasteiger partial charge in [0.15, 0.2) is 11.4 Å². The van der Waals surface area contributed by atoms with Gasteiger partial charge >= 0.3 is 0 Å². The maximum absolute atomic E-state index is 14.2. The van der Waals surface area contributed by atoms with Gasteiger partial charge in [-0.15, -0.1) is 0 Å². The summed E-state index contributed by atoms with van der Waals surface area (Å²) >= 11 is 0. The Hall–Kier alpha value is -3.04. The van der Waals surface area contributed by atoms with Crippen molar-refractivity contribution in [3.05, 3.63) is 64.8 Å². The van der Waals surface area contributed by atoms with E-state index in [1.807, 2.05) is 25.1 Å². The Kier molecular flexibility index (Phi) is 3.75. The smallest absolute Gasteiger partial charge is 0.190 e. The molecular formula is C25H25FN4O. The Labute approximate surface area is 185 Å². The van der Waals surface area contributed by atoms with E-state index in [1.54, 1.807) is 6.07 Å². The molecule has 1 fully saturated rings. The Balaban J connectivity index is 1.57. The number of fused-ring (bicyclic) bond motifs is 3. The fourth-order valence-electron chi connectivity index (χ4n) is 5.54. The van der Waals surface area contributed by atoms with Crippen LogP contribution in [0.15, 0.2) is 46.4 Å². The second-order valence-electron chi connectivity index (χ2n) is 8.82. The Morgan fingerprint density at radius 2 is 2.00 bits per heavy atom. The molecule has 1 unspecified atom stereocenters. The summed E-state index contributed by atoms with van der Waals surface area (Å²) < 4.78 is 41.8. The van der Waals surface area contributed by atoms with Crippen molar-refractivity contribution in [2.75, 3.05) is 7.04 Å². The third-order valence-electron chi connectivity index (χ3n) is 7.14. The molecule has 6 heteroatoms. The van der Waals surface area contributed by atoms with Gasteiger partial charge < -0.3 is 10.5 Å². The molecule has 1 aliphatic heterocycles. The highest BCUT2D eigenvalue weighted by Crippen LogP contribution is 2.62. The minimum absolute atomic E-state index is 0.242. The summed E-state index contributed by atoms with van der Waals surface area (Å²) in [6, 6.07) is 10.3. The van der Waals surface area contributed by atoms with Crippen LogP contribution in [0.5, 0.6) is 0 Å². The molecule has 0 radical (unpaired) electrons. The molecule has 1 saturated carbocycles. The summed E-state index contributed by atoms with van der Waals surface area (Å²) in [6.07, 6.45) is 3.02. The maximum atomic E-state index is 14.2. The third-order valence-corrected chi connectivity index (χ3v) is 7.14. The number of ether oxygens (including phenoxy) is 1. The number of amidine groups is 1. The molecule has 1 heterocycles. The first kappa shape index (κ1) is 16.6. The van der Waals surface area contributed by atoms with E-state index in [4.69, 9.17) is 31.1 Å². The van der Waals surface area contributed by atoms with Crippen LogP contribution >= 0.6 is 0 Å². The number of nitrogens with zero attached hydrogens (tertiary/aromatic N) is 3. The van der Waals surface area contributed by atoms with Crippen molar-refractivity contribution >= 4 is 17.2 Å². The summed E-state index contributed by atoms with van der Waals surface area (Å²) in [5.74, 6) is -0.0562. The lowest BCUT2D eigenvalue weighted by Crippen LogP contribution is -2.43. The fraction of sp³-hybridized carbons (Fsp3) is 0.400. The van der Waals surface area contributed by atoms with Crippen LogP contribution in [0.4, 0.5) is 10.1 Å².